The number of benzene rings is 3. The average Bonchev–Trinajstić information content (AvgIpc) is 2.85. The minimum atomic E-state index is -3.75. The highest BCUT2D eigenvalue weighted by atomic mass is 32.2. The Balaban J connectivity index is 1.27. The van der Waals surface area contributed by atoms with Gasteiger partial charge in [0.05, 0.1) is 10.6 Å². The number of rotatable bonds is 6. The van der Waals surface area contributed by atoms with E-state index in [1.165, 1.54) is 5.69 Å². The Morgan fingerprint density at radius 3 is 2.42 bits per heavy atom. The Morgan fingerprint density at radius 1 is 0.879 bits per heavy atom. The lowest BCUT2D eigenvalue weighted by molar-refractivity contribution is 0.171. The number of ether oxygens (including phenoxy) is 1. The third kappa shape index (κ3) is 4.78. The van der Waals surface area contributed by atoms with Gasteiger partial charge in [-0.25, -0.2) is 8.42 Å². The van der Waals surface area contributed by atoms with Gasteiger partial charge in [0.25, 0.3) is 10.0 Å². The first kappa shape index (κ1) is 21.3. The van der Waals surface area contributed by atoms with Crippen LogP contribution < -0.4 is 14.4 Å². The number of pyridine rings is 1. The Morgan fingerprint density at radius 2 is 1.61 bits per heavy atom. The molecule has 1 N–H and O–H groups in total. The van der Waals surface area contributed by atoms with E-state index in [1.807, 2.05) is 67.0 Å². The van der Waals surface area contributed by atoms with Crippen LogP contribution in [0, 0.1) is 0 Å². The van der Waals surface area contributed by atoms with Crippen LogP contribution in [0.4, 0.5) is 11.4 Å². The molecule has 1 aliphatic rings. The average molecular weight is 460 g/mol. The molecular formula is C26H25N3O3S. The number of nitrogens with zero attached hydrogens (tertiary/aromatic N) is 2. The maximum Gasteiger partial charge on any atom is 0.262 e. The summed E-state index contributed by atoms with van der Waals surface area (Å²) in [5, 5.41) is 1.58. The fraction of sp³-hybridized carbons (Fsp3) is 0.192. The molecule has 4 aromatic rings. The van der Waals surface area contributed by atoms with E-state index in [0.717, 1.165) is 31.3 Å². The summed E-state index contributed by atoms with van der Waals surface area (Å²) in [6.45, 7) is 1.81. The van der Waals surface area contributed by atoms with Crippen LogP contribution in [0.25, 0.3) is 10.8 Å². The van der Waals surface area contributed by atoms with Crippen molar-refractivity contribution in [3.63, 3.8) is 0 Å². The van der Waals surface area contributed by atoms with Crippen molar-refractivity contribution in [1.29, 1.82) is 0 Å². The van der Waals surface area contributed by atoms with Crippen molar-refractivity contribution in [3.05, 3.63) is 91.3 Å². The summed E-state index contributed by atoms with van der Waals surface area (Å²) in [7, 11) is -3.75. The van der Waals surface area contributed by atoms with Gasteiger partial charge in [-0.3, -0.25) is 9.71 Å². The molecule has 2 heterocycles. The highest BCUT2D eigenvalue weighted by Gasteiger charge is 2.21. The van der Waals surface area contributed by atoms with E-state index in [9.17, 15) is 8.42 Å². The third-order valence-electron chi connectivity index (χ3n) is 5.90. The fourth-order valence-electron chi connectivity index (χ4n) is 4.25. The van der Waals surface area contributed by atoms with Gasteiger partial charge in [0.15, 0.2) is 0 Å². The van der Waals surface area contributed by atoms with Gasteiger partial charge >= 0.3 is 0 Å². The smallest absolute Gasteiger partial charge is 0.262 e. The second-order valence-electron chi connectivity index (χ2n) is 8.12. The molecule has 3 aromatic carbocycles. The molecule has 0 unspecified atom stereocenters. The molecule has 0 spiro atoms. The summed E-state index contributed by atoms with van der Waals surface area (Å²) in [5.74, 6) is 0.662. The maximum atomic E-state index is 13.1. The Hall–Kier alpha value is -3.58. The van der Waals surface area contributed by atoms with Crippen LogP contribution >= 0.6 is 0 Å². The van der Waals surface area contributed by atoms with Crippen LogP contribution in [0.1, 0.15) is 12.8 Å². The third-order valence-corrected chi connectivity index (χ3v) is 7.34. The van der Waals surface area contributed by atoms with Crippen molar-refractivity contribution in [2.24, 2.45) is 0 Å². The van der Waals surface area contributed by atoms with E-state index < -0.39 is 10.0 Å². The van der Waals surface area contributed by atoms with Gasteiger partial charge in [0.1, 0.15) is 11.9 Å². The number of hydrogen-bond donors (Lipinski definition) is 1. The van der Waals surface area contributed by atoms with Crippen molar-refractivity contribution in [2.75, 3.05) is 22.7 Å². The van der Waals surface area contributed by atoms with Crippen molar-refractivity contribution in [3.8, 4) is 5.75 Å². The monoisotopic (exact) mass is 459 g/mol. The van der Waals surface area contributed by atoms with E-state index in [4.69, 9.17) is 4.74 Å². The van der Waals surface area contributed by atoms with Crippen LogP contribution in [0.5, 0.6) is 5.75 Å². The lowest BCUT2D eigenvalue weighted by atomic mass is 10.1. The molecule has 0 radical (unpaired) electrons. The molecular weight excluding hydrogens is 434 g/mol. The molecule has 0 bridgehead atoms. The zero-order valence-corrected chi connectivity index (χ0v) is 18.9. The highest BCUT2D eigenvalue weighted by molar-refractivity contribution is 7.93. The van der Waals surface area contributed by atoms with Crippen molar-refractivity contribution in [1.82, 2.24) is 4.98 Å². The Labute approximate surface area is 193 Å². The first-order chi connectivity index (χ1) is 16.1. The summed E-state index contributed by atoms with van der Waals surface area (Å²) >= 11 is 0. The van der Waals surface area contributed by atoms with Crippen molar-refractivity contribution < 1.29 is 13.2 Å². The second kappa shape index (κ2) is 9.11. The number of sulfonamides is 1. The van der Waals surface area contributed by atoms with E-state index in [1.54, 1.807) is 24.3 Å². The predicted molar refractivity (Wildman–Crippen MR) is 131 cm³/mol. The predicted octanol–water partition coefficient (Wildman–Crippen LogP) is 5.08. The molecule has 6 nitrogen and oxygen atoms in total. The minimum absolute atomic E-state index is 0.0908. The molecule has 0 saturated carbocycles. The van der Waals surface area contributed by atoms with E-state index in [2.05, 4.69) is 14.6 Å². The molecule has 5 rings (SSSR count). The first-order valence-electron chi connectivity index (χ1n) is 11.0. The van der Waals surface area contributed by atoms with Gasteiger partial charge in [-0.15, -0.1) is 0 Å². The van der Waals surface area contributed by atoms with E-state index in [-0.39, 0.29) is 11.0 Å². The topological polar surface area (TPSA) is 71.5 Å². The molecule has 7 heteroatoms. The summed E-state index contributed by atoms with van der Waals surface area (Å²) in [4.78, 5) is 6.67. The Kier molecular flexibility index (Phi) is 5.88. The van der Waals surface area contributed by atoms with Crippen LogP contribution in [0.15, 0.2) is 96.2 Å². The van der Waals surface area contributed by atoms with Gasteiger partial charge in [0, 0.05) is 55.5 Å². The maximum absolute atomic E-state index is 13.1. The molecule has 1 aromatic heterocycles. The molecule has 168 valence electrons. The molecule has 33 heavy (non-hydrogen) atoms. The van der Waals surface area contributed by atoms with E-state index >= 15 is 0 Å². The zero-order chi connectivity index (χ0) is 22.7. The molecule has 0 aliphatic carbocycles. The summed E-state index contributed by atoms with van der Waals surface area (Å²) in [6, 6.07) is 24.0. The largest absolute Gasteiger partial charge is 0.490 e. The fourth-order valence-corrected chi connectivity index (χ4v) is 5.53. The van der Waals surface area contributed by atoms with Crippen molar-refractivity contribution in [2.45, 2.75) is 23.8 Å². The minimum Gasteiger partial charge on any atom is -0.490 e. The molecule has 0 atom stereocenters. The lowest BCUT2D eigenvalue weighted by Crippen LogP contribution is -2.38. The lowest BCUT2D eigenvalue weighted by Gasteiger charge is -2.33. The quantitative estimate of drug-likeness (QED) is 0.435. The van der Waals surface area contributed by atoms with Crippen LogP contribution in [0.3, 0.4) is 0 Å². The summed E-state index contributed by atoms with van der Waals surface area (Å²) in [5.41, 5.74) is 1.66. The highest BCUT2D eigenvalue weighted by Crippen LogP contribution is 2.28. The number of aromatic nitrogens is 1. The standard InChI is InChI=1S/C26H25N3O3S/c30-33(31,26-10-3-6-20-5-1-2-9-25(20)26)28-21-7-4-8-24(19-21)32-23-13-17-29(18-14-23)22-11-15-27-16-12-22/h1-12,15-16,19,23,28H,13-14,17-18H2. The molecule has 0 amide bonds. The van der Waals surface area contributed by atoms with Gasteiger partial charge in [-0.2, -0.15) is 0 Å². The van der Waals surface area contributed by atoms with Crippen LogP contribution in [0.2, 0.25) is 0 Å². The normalized spacial score (nSPS) is 14.8. The number of hydrogen-bond acceptors (Lipinski definition) is 5. The molecule has 1 fully saturated rings. The zero-order valence-electron chi connectivity index (χ0n) is 18.1. The van der Waals surface area contributed by atoms with Crippen molar-refractivity contribution >= 4 is 32.2 Å². The SMILES string of the molecule is O=S(=O)(Nc1cccc(OC2CCN(c3ccncc3)CC2)c1)c1cccc2ccccc12. The number of anilines is 2. The number of nitrogens with one attached hydrogen (secondary N) is 1. The van der Waals surface area contributed by atoms with Crippen LogP contribution in [-0.2, 0) is 10.0 Å². The van der Waals surface area contributed by atoms with Gasteiger partial charge < -0.3 is 9.64 Å². The number of fused-ring (bicyclic) bond motifs is 1. The second-order valence-corrected chi connectivity index (χ2v) is 9.77. The van der Waals surface area contributed by atoms with Crippen LogP contribution in [-0.4, -0.2) is 32.6 Å². The molecule has 1 aliphatic heterocycles. The summed E-state index contributed by atoms with van der Waals surface area (Å²) in [6.07, 6.45) is 5.50. The number of piperidine rings is 1. The van der Waals surface area contributed by atoms with E-state index in [0.29, 0.717) is 16.8 Å². The Bertz CT molecular complexity index is 1350. The molecule has 1 saturated heterocycles. The van der Waals surface area contributed by atoms with Gasteiger partial charge in [-0.1, -0.05) is 42.5 Å². The first-order valence-corrected chi connectivity index (χ1v) is 12.5. The van der Waals surface area contributed by atoms with Gasteiger partial charge in [0.2, 0.25) is 0 Å². The summed E-state index contributed by atoms with van der Waals surface area (Å²) < 4.78 is 35.2. The van der Waals surface area contributed by atoms with Gasteiger partial charge in [-0.05, 0) is 35.7 Å².